The highest BCUT2D eigenvalue weighted by molar-refractivity contribution is 7.92. The number of carbonyl (C=O) groups excluding carboxylic acids is 1. The molecule has 2 aromatic carbocycles. The molecule has 8 nitrogen and oxygen atoms in total. The molecule has 0 saturated carbocycles. The number of rotatable bonds is 6. The van der Waals surface area contributed by atoms with E-state index in [2.05, 4.69) is 15.1 Å². The maximum atomic E-state index is 12.7. The van der Waals surface area contributed by atoms with Crippen LogP contribution in [0.1, 0.15) is 10.5 Å². The molecule has 1 aromatic heterocycles. The quantitative estimate of drug-likeness (QED) is 0.637. The van der Waals surface area contributed by atoms with Crippen LogP contribution in [0.3, 0.4) is 0 Å². The molecule has 1 amide bonds. The molecule has 1 heterocycles. The fourth-order valence-electron chi connectivity index (χ4n) is 2.49. The average Bonchev–Trinajstić information content (AvgIpc) is 3.09. The Balaban J connectivity index is 1.85. The Kier molecular flexibility index (Phi) is 5.57. The zero-order valence-corrected chi connectivity index (χ0v) is 16.6. The van der Waals surface area contributed by atoms with Crippen LogP contribution in [-0.2, 0) is 17.1 Å². The first-order valence-corrected chi connectivity index (χ1v) is 9.92. The van der Waals surface area contributed by atoms with Gasteiger partial charge in [0, 0.05) is 35.7 Å². The third-order valence-electron chi connectivity index (χ3n) is 3.86. The molecule has 0 fully saturated rings. The normalized spacial score (nSPS) is 11.1. The van der Waals surface area contributed by atoms with Crippen molar-refractivity contribution in [2.45, 2.75) is 4.90 Å². The minimum absolute atomic E-state index is 0.0662. The van der Waals surface area contributed by atoms with E-state index in [1.54, 1.807) is 37.4 Å². The molecule has 0 radical (unpaired) electrons. The monoisotopic (exact) mass is 420 g/mol. The Labute approximate surface area is 167 Å². The number of methoxy groups -OCH3 is 1. The smallest absolute Gasteiger partial charge is 0.273 e. The summed E-state index contributed by atoms with van der Waals surface area (Å²) in [4.78, 5) is 12.2. The third kappa shape index (κ3) is 4.26. The molecule has 2 N–H and O–H groups in total. The van der Waals surface area contributed by atoms with E-state index in [0.29, 0.717) is 22.1 Å². The lowest BCUT2D eigenvalue weighted by molar-refractivity contribution is 0.101. The fourth-order valence-corrected chi connectivity index (χ4v) is 3.82. The molecule has 0 saturated heterocycles. The van der Waals surface area contributed by atoms with E-state index in [-0.39, 0.29) is 16.6 Å². The number of nitrogens with zero attached hydrogens (tertiary/aromatic N) is 2. The summed E-state index contributed by atoms with van der Waals surface area (Å²) >= 11 is 5.82. The number of aryl methyl sites for hydroxylation is 1. The highest BCUT2D eigenvalue weighted by atomic mass is 35.5. The van der Waals surface area contributed by atoms with E-state index in [9.17, 15) is 13.2 Å². The van der Waals surface area contributed by atoms with Crippen molar-refractivity contribution in [1.29, 1.82) is 0 Å². The summed E-state index contributed by atoms with van der Waals surface area (Å²) in [5.74, 6) is -0.291. The lowest BCUT2D eigenvalue weighted by Gasteiger charge is -2.13. The molecule has 0 unspecified atom stereocenters. The van der Waals surface area contributed by atoms with Crippen molar-refractivity contribution in [3.05, 3.63) is 65.4 Å². The van der Waals surface area contributed by atoms with Gasteiger partial charge in [0.05, 0.1) is 7.11 Å². The second-order valence-electron chi connectivity index (χ2n) is 5.77. The van der Waals surface area contributed by atoms with Gasteiger partial charge in [-0.25, -0.2) is 8.42 Å². The van der Waals surface area contributed by atoms with Crippen LogP contribution >= 0.6 is 11.6 Å². The summed E-state index contributed by atoms with van der Waals surface area (Å²) in [7, 11) is -0.912. The number of carbonyl (C=O) groups is 1. The SMILES string of the molecule is COc1cc(NC(=O)c2ccnn2C)ccc1S(=O)(=O)Nc1ccc(Cl)cc1. The van der Waals surface area contributed by atoms with Crippen molar-refractivity contribution in [1.82, 2.24) is 9.78 Å². The van der Waals surface area contributed by atoms with Gasteiger partial charge in [0.25, 0.3) is 15.9 Å². The highest BCUT2D eigenvalue weighted by Gasteiger charge is 2.21. The lowest BCUT2D eigenvalue weighted by atomic mass is 10.3. The van der Waals surface area contributed by atoms with Crippen LogP contribution in [0.25, 0.3) is 0 Å². The standard InChI is InChI=1S/C18H17ClN4O4S/c1-23-15(9-10-20-23)18(24)21-14-7-8-17(16(11-14)27-2)28(25,26)22-13-5-3-12(19)4-6-13/h3-11,22H,1-2H3,(H,21,24). The third-order valence-corrected chi connectivity index (χ3v) is 5.53. The molecule has 0 bridgehead atoms. The number of anilines is 2. The minimum Gasteiger partial charge on any atom is -0.495 e. The number of nitrogens with one attached hydrogen (secondary N) is 2. The number of ether oxygens (including phenoxy) is 1. The second kappa shape index (κ2) is 7.91. The first kappa shape index (κ1) is 19.7. The summed E-state index contributed by atoms with van der Waals surface area (Å²) in [5.41, 5.74) is 1.11. The number of aromatic nitrogens is 2. The number of amides is 1. The van der Waals surface area contributed by atoms with Crippen molar-refractivity contribution in [3.63, 3.8) is 0 Å². The summed E-state index contributed by atoms with van der Waals surface area (Å²) < 4.78 is 34.5. The van der Waals surface area contributed by atoms with E-state index in [0.717, 1.165) is 0 Å². The second-order valence-corrected chi connectivity index (χ2v) is 7.86. The number of hydrogen-bond acceptors (Lipinski definition) is 5. The largest absolute Gasteiger partial charge is 0.495 e. The predicted octanol–water partition coefficient (Wildman–Crippen LogP) is 3.14. The molecule has 10 heteroatoms. The van der Waals surface area contributed by atoms with Gasteiger partial charge in [0.15, 0.2) is 0 Å². The van der Waals surface area contributed by atoms with Crippen molar-refractivity contribution >= 4 is 38.9 Å². The molecular weight excluding hydrogens is 404 g/mol. The first-order valence-electron chi connectivity index (χ1n) is 8.06. The van der Waals surface area contributed by atoms with E-state index < -0.39 is 10.0 Å². The fraction of sp³-hybridized carbons (Fsp3) is 0.111. The summed E-state index contributed by atoms with van der Waals surface area (Å²) in [6.45, 7) is 0. The van der Waals surface area contributed by atoms with E-state index >= 15 is 0 Å². The van der Waals surface area contributed by atoms with Crippen LogP contribution in [0, 0.1) is 0 Å². The lowest BCUT2D eigenvalue weighted by Crippen LogP contribution is -2.17. The van der Waals surface area contributed by atoms with E-state index in [4.69, 9.17) is 16.3 Å². The zero-order valence-electron chi connectivity index (χ0n) is 15.0. The van der Waals surface area contributed by atoms with Gasteiger partial charge in [0.1, 0.15) is 16.3 Å². The van der Waals surface area contributed by atoms with Gasteiger partial charge in [-0.1, -0.05) is 11.6 Å². The molecule has 0 spiro atoms. The van der Waals surface area contributed by atoms with Crippen LogP contribution in [-0.4, -0.2) is 31.2 Å². The Hall–Kier alpha value is -3.04. The molecule has 0 atom stereocenters. The summed E-state index contributed by atoms with van der Waals surface area (Å²) in [6.07, 6.45) is 1.51. The van der Waals surface area contributed by atoms with Gasteiger partial charge in [-0.3, -0.25) is 14.2 Å². The maximum absolute atomic E-state index is 12.7. The van der Waals surface area contributed by atoms with Gasteiger partial charge in [0.2, 0.25) is 0 Å². The summed E-state index contributed by atoms with van der Waals surface area (Å²) in [6, 6.07) is 12.1. The zero-order chi connectivity index (χ0) is 20.3. The van der Waals surface area contributed by atoms with Crippen LogP contribution in [0.5, 0.6) is 5.75 Å². The number of sulfonamides is 1. The van der Waals surface area contributed by atoms with Crippen LogP contribution in [0.2, 0.25) is 5.02 Å². The Morgan fingerprint density at radius 1 is 1.11 bits per heavy atom. The molecule has 0 aliphatic heterocycles. The Morgan fingerprint density at radius 2 is 1.79 bits per heavy atom. The van der Waals surface area contributed by atoms with Crippen LogP contribution in [0.15, 0.2) is 59.6 Å². The summed E-state index contributed by atoms with van der Waals surface area (Å²) in [5, 5.41) is 7.12. The molecule has 28 heavy (non-hydrogen) atoms. The predicted molar refractivity (Wildman–Crippen MR) is 106 cm³/mol. The molecule has 0 aliphatic rings. The van der Waals surface area contributed by atoms with Crippen molar-refractivity contribution in [2.24, 2.45) is 7.05 Å². The number of halogens is 1. The van der Waals surface area contributed by atoms with Gasteiger partial charge in [-0.15, -0.1) is 0 Å². The molecule has 3 aromatic rings. The topological polar surface area (TPSA) is 102 Å². The van der Waals surface area contributed by atoms with Crippen LogP contribution in [0.4, 0.5) is 11.4 Å². The Morgan fingerprint density at radius 3 is 2.39 bits per heavy atom. The first-order chi connectivity index (χ1) is 13.3. The molecule has 146 valence electrons. The van der Waals surface area contributed by atoms with Crippen molar-refractivity contribution < 1.29 is 17.9 Å². The van der Waals surface area contributed by atoms with Crippen LogP contribution < -0.4 is 14.8 Å². The number of benzene rings is 2. The average molecular weight is 421 g/mol. The molecular formula is C18H17ClN4O4S. The van der Waals surface area contributed by atoms with Crippen molar-refractivity contribution in [2.75, 3.05) is 17.1 Å². The maximum Gasteiger partial charge on any atom is 0.273 e. The van der Waals surface area contributed by atoms with Gasteiger partial charge in [-0.2, -0.15) is 5.10 Å². The highest BCUT2D eigenvalue weighted by Crippen LogP contribution is 2.29. The number of hydrogen-bond donors (Lipinski definition) is 2. The van der Waals surface area contributed by atoms with E-state index in [1.807, 2.05) is 0 Å². The van der Waals surface area contributed by atoms with Gasteiger partial charge >= 0.3 is 0 Å². The molecule has 3 rings (SSSR count). The minimum atomic E-state index is -3.91. The Bertz CT molecular complexity index is 1110. The van der Waals surface area contributed by atoms with Gasteiger partial charge < -0.3 is 10.1 Å². The van der Waals surface area contributed by atoms with E-state index in [1.165, 1.54) is 36.2 Å². The van der Waals surface area contributed by atoms with Crippen molar-refractivity contribution in [3.8, 4) is 5.75 Å². The molecule has 0 aliphatic carbocycles. The van der Waals surface area contributed by atoms with Gasteiger partial charge in [-0.05, 0) is 42.5 Å².